The highest BCUT2D eigenvalue weighted by molar-refractivity contribution is 7.92. The SMILES string of the molecule is COc1ccc(NS(=O)(=O)c2ccc(OCC(=O)Nc3ccccc3OC)cc2)cc1Cl. The van der Waals surface area contributed by atoms with E-state index in [1.54, 1.807) is 36.4 Å². The second-order valence-electron chi connectivity index (χ2n) is 6.46. The van der Waals surface area contributed by atoms with Gasteiger partial charge in [-0.15, -0.1) is 0 Å². The highest BCUT2D eigenvalue weighted by atomic mass is 35.5. The van der Waals surface area contributed by atoms with Crippen LogP contribution in [0.25, 0.3) is 0 Å². The maximum atomic E-state index is 12.6. The lowest BCUT2D eigenvalue weighted by Gasteiger charge is -2.12. The van der Waals surface area contributed by atoms with Gasteiger partial charge in [0.15, 0.2) is 6.61 Å². The Morgan fingerprint density at radius 1 is 0.938 bits per heavy atom. The van der Waals surface area contributed by atoms with Gasteiger partial charge in [-0.1, -0.05) is 23.7 Å². The minimum atomic E-state index is -3.84. The predicted molar refractivity (Wildman–Crippen MR) is 122 cm³/mol. The Labute approximate surface area is 191 Å². The molecule has 168 valence electrons. The van der Waals surface area contributed by atoms with Gasteiger partial charge < -0.3 is 19.5 Å². The highest BCUT2D eigenvalue weighted by Gasteiger charge is 2.15. The average Bonchev–Trinajstić information content (AvgIpc) is 2.78. The Morgan fingerprint density at radius 2 is 1.62 bits per heavy atom. The Hall–Kier alpha value is -3.43. The molecule has 0 bridgehead atoms. The number of rotatable bonds is 9. The first-order valence-corrected chi connectivity index (χ1v) is 11.2. The van der Waals surface area contributed by atoms with E-state index < -0.39 is 10.0 Å². The third-order valence-electron chi connectivity index (χ3n) is 4.29. The summed E-state index contributed by atoms with van der Waals surface area (Å²) in [6.07, 6.45) is 0. The number of amides is 1. The van der Waals surface area contributed by atoms with Gasteiger partial charge >= 0.3 is 0 Å². The van der Waals surface area contributed by atoms with E-state index in [-0.39, 0.29) is 22.4 Å². The Bertz CT molecular complexity index is 1200. The van der Waals surface area contributed by atoms with Crippen molar-refractivity contribution in [1.82, 2.24) is 0 Å². The van der Waals surface area contributed by atoms with E-state index >= 15 is 0 Å². The van der Waals surface area contributed by atoms with Crippen molar-refractivity contribution in [3.8, 4) is 17.2 Å². The smallest absolute Gasteiger partial charge is 0.262 e. The topological polar surface area (TPSA) is 103 Å². The fourth-order valence-corrected chi connectivity index (χ4v) is 4.05. The van der Waals surface area contributed by atoms with Crippen molar-refractivity contribution in [2.75, 3.05) is 30.9 Å². The quantitative estimate of drug-likeness (QED) is 0.480. The molecule has 0 aliphatic heterocycles. The van der Waals surface area contributed by atoms with Crippen LogP contribution in [-0.4, -0.2) is 35.2 Å². The van der Waals surface area contributed by atoms with Crippen LogP contribution in [0, 0.1) is 0 Å². The standard InChI is InChI=1S/C22H21ClN2O6S/c1-29-20-12-7-15(13-18(20)23)25-32(27,28)17-10-8-16(9-11-17)31-14-22(26)24-19-5-3-4-6-21(19)30-2/h3-13,25H,14H2,1-2H3,(H,24,26). The molecular weight excluding hydrogens is 456 g/mol. The van der Waals surface area contributed by atoms with Gasteiger partial charge in [-0.3, -0.25) is 9.52 Å². The number of sulfonamides is 1. The van der Waals surface area contributed by atoms with Gasteiger partial charge in [0.2, 0.25) is 0 Å². The third-order valence-corrected chi connectivity index (χ3v) is 5.98. The number of methoxy groups -OCH3 is 2. The molecule has 3 rings (SSSR count). The third kappa shape index (κ3) is 5.83. The Morgan fingerprint density at radius 3 is 2.28 bits per heavy atom. The van der Waals surface area contributed by atoms with E-state index in [9.17, 15) is 13.2 Å². The molecular formula is C22H21ClN2O6S. The zero-order chi connectivity index (χ0) is 23.1. The fourth-order valence-electron chi connectivity index (χ4n) is 2.74. The molecule has 0 heterocycles. The van der Waals surface area contributed by atoms with Crippen molar-refractivity contribution in [2.24, 2.45) is 0 Å². The van der Waals surface area contributed by atoms with E-state index in [1.807, 2.05) is 0 Å². The summed E-state index contributed by atoms with van der Waals surface area (Å²) in [6, 6.07) is 17.2. The number of carbonyl (C=O) groups excluding carboxylic acids is 1. The van der Waals surface area contributed by atoms with Crippen LogP contribution in [0.3, 0.4) is 0 Å². The number of hydrogen-bond acceptors (Lipinski definition) is 6. The van der Waals surface area contributed by atoms with E-state index in [4.69, 9.17) is 25.8 Å². The summed E-state index contributed by atoms with van der Waals surface area (Å²) in [5, 5.41) is 2.97. The van der Waals surface area contributed by atoms with E-state index in [1.165, 1.54) is 44.6 Å². The van der Waals surface area contributed by atoms with Crippen LogP contribution >= 0.6 is 11.6 Å². The van der Waals surface area contributed by atoms with Gasteiger partial charge in [0.25, 0.3) is 15.9 Å². The number of nitrogens with one attached hydrogen (secondary N) is 2. The molecule has 0 aliphatic carbocycles. The number of ether oxygens (including phenoxy) is 3. The first-order chi connectivity index (χ1) is 15.3. The maximum absolute atomic E-state index is 12.6. The minimum Gasteiger partial charge on any atom is -0.495 e. The van der Waals surface area contributed by atoms with Crippen LogP contribution in [0.4, 0.5) is 11.4 Å². The molecule has 0 aliphatic rings. The second-order valence-corrected chi connectivity index (χ2v) is 8.55. The Balaban J connectivity index is 1.60. The second kappa shape index (κ2) is 10.3. The monoisotopic (exact) mass is 476 g/mol. The first kappa shape index (κ1) is 23.2. The molecule has 1 amide bonds. The zero-order valence-electron chi connectivity index (χ0n) is 17.3. The van der Waals surface area contributed by atoms with Crippen molar-refractivity contribution in [2.45, 2.75) is 4.90 Å². The molecule has 0 atom stereocenters. The lowest BCUT2D eigenvalue weighted by atomic mass is 10.3. The molecule has 0 aromatic heterocycles. The maximum Gasteiger partial charge on any atom is 0.262 e. The minimum absolute atomic E-state index is 0.0234. The summed E-state index contributed by atoms with van der Waals surface area (Å²) < 4.78 is 43.3. The molecule has 10 heteroatoms. The van der Waals surface area contributed by atoms with Gasteiger partial charge in [-0.25, -0.2) is 8.42 Å². The first-order valence-electron chi connectivity index (χ1n) is 9.34. The number of anilines is 2. The molecule has 2 N–H and O–H groups in total. The van der Waals surface area contributed by atoms with Crippen LogP contribution in [0.1, 0.15) is 0 Å². The van der Waals surface area contributed by atoms with Crippen LogP contribution in [0.5, 0.6) is 17.2 Å². The summed E-state index contributed by atoms with van der Waals surface area (Å²) >= 11 is 6.04. The summed E-state index contributed by atoms with van der Waals surface area (Å²) in [6.45, 7) is -0.257. The largest absolute Gasteiger partial charge is 0.495 e. The van der Waals surface area contributed by atoms with E-state index in [0.29, 0.717) is 28.6 Å². The molecule has 0 spiro atoms. The number of carbonyl (C=O) groups is 1. The molecule has 0 unspecified atom stereocenters. The molecule has 0 fully saturated rings. The number of benzene rings is 3. The molecule has 0 saturated heterocycles. The summed E-state index contributed by atoms with van der Waals surface area (Å²) in [7, 11) is -0.866. The van der Waals surface area contributed by atoms with Crippen LogP contribution in [0.2, 0.25) is 5.02 Å². The Kier molecular flexibility index (Phi) is 7.45. The van der Waals surface area contributed by atoms with Gasteiger partial charge in [0.1, 0.15) is 17.2 Å². The summed E-state index contributed by atoms with van der Waals surface area (Å²) in [5.41, 5.74) is 0.818. The van der Waals surface area contributed by atoms with Gasteiger partial charge in [0, 0.05) is 0 Å². The van der Waals surface area contributed by atoms with Crippen LogP contribution in [0.15, 0.2) is 71.6 Å². The van der Waals surface area contributed by atoms with E-state index in [2.05, 4.69) is 10.0 Å². The van der Waals surface area contributed by atoms with Gasteiger partial charge in [0.05, 0.1) is 35.5 Å². The average molecular weight is 477 g/mol. The summed E-state index contributed by atoms with van der Waals surface area (Å²) in [5.74, 6) is 0.919. The van der Waals surface area contributed by atoms with Crippen molar-refractivity contribution in [1.29, 1.82) is 0 Å². The zero-order valence-corrected chi connectivity index (χ0v) is 18.9. The van der Waals surface area contributed by atoms with Crippen molar-refractivity contribution < 1.29 is 27.4 Å². The van der Waals surface area contributed by atoms with Crippen LogP contribution in [-0.2, 0) is 14.8 Å². The van der Waals surface area contributed by atoms with Crippen molar-refractivity contribution in [3.05, 3.63) is 71.8 Å². The molecule has 0 saturated carbocycles. The number of para-hydroxylation sites is 2. The van der Waals surface area contributed by atoms with Crippen molar-refractivity contribution >= 4 is 38.9 Å². The van der Waals surface area contributed by atoms with Gasteiger partial charge in [-0.2, -0.15) is 0 Å². The fraction of sp³-hybridized carbons (Fsp3) is 0.136. The lowest BCUT2D eigenvalue weighted by Crippen LogP contribution is -2.20. The molecule has 0 radical (unpaired) electrons. The highest BCUT2D eigenvalue weighted by Crippen LogP contribution is 2.29. The number of halogens is 1. The summed E-state index contributed by atoms with van der Waals surface area (Å²) in [4.78, 5) is 12.2. The molecule has 3 aromatic rings. The van der Waals surface area contributed by atoms with E-state index in [0.717, 1.165) is 0 Å². The predicted octanol–water partition coefficient (Wildman–Crippen LogP) is 4.18. The number of hydrogen-bond donors (Lipinski definition) is 2. The van der Waals surface area contributed by atoms with Gasteiger partial charge in [-0.05, 0) is 54.6 Å². The molecule has 32 heavy (non-hydrogen) atoms. The molecule has 8 nitrogen and oxygen atoms in total. The molecule has 3 aromatic carbocycles. The van der Waals surface area contributed by atoms with Crippen molar-refractivity contribution in [3.63, 3.8) is 0 Å². The van der Waals surface area contributed by atoms with Crippen LogP contribution < -0.4 is 24.2 Å². The lowest BCUT2D eigenvalue weighted by molar-refractivity contribution is -0.118. The normalized spacial score (nSPS) is 10.8.